The van der Waals surface area contributed by atoms with Crippen molar-refractivity contribution in [3.8, 4) is 0 Å². The third-order valence-electron chi connectivity index (χ3n) is 3.77. The molecule has 0 aliphatic carbocycles. The molecule has 1 atom stereocenters. The lowest BCUT2D eigenvalue weighted by Crippen LogP contribution is -2.43. The summed E-state index contributed by atoms with van der Waals surface area (Å²) >= 11 is 0. The van der Waals surface area contributed by atoms with Crippen LogP contribution in [-0.2, 0) is 21.2 Å². The fourth-order valence-corrected chi connectivity index (χ4v) is 3.74. The average Bonchev–Trinajstić information content (AvgIpc) is 2.77. The van der Waals surface area contributed by atoms with Crippen LogP contribution in [0.15, 0.2) is 30.3 Å². The molecule has 1 aliphatic rings. The molecule has 5 nitrogen and oxygen atoms in total. The van der Waals surface area contributed by atoms with Gasteiger partial charge in [0.2, 0.25) is 15.9 Å². The topological polar surface area (TPSA) is 57.7 Å². The molecular formula is C14H20N2O3S. The Morgan fingerprint density at radius 3 is 2.50 bits per heavy atom. The van der Waals surface area contributed by atoms with Gasteiger partial charge in [-0.05, 0) is 18.4 Å². The van der Waals surface area contributed by atoms with E-state index in [0.29, 0.717) is 19.4 Å². The first kappa shape index (κ1) is 15.0. The Morgan fingerprint density at radius 1 is 1.30 bits per heavy atom. The zero-order chi connectivity index (χ0) is 14.8. The highest BCUT2D eigenvalue weighted by atomic mass is 32.2. The maximum Gasteiger partial charge on any atom is 0.240 e. The maximum atomic E-state index is 12.3. The molecule has 0 unspecified atom stereocenters. The van der Waals surface area contributed by atoms with Crippen LogP contribution in [0.3, 0.4) is 0 Å². The van der Waals surface area contributed by atoms with Crippen molar-refractivity contribution in [1.29, 1.82) is 0 Å². The third kappa shape index (κ3) is 3.19. The number of amides is 1. The molecule has 1 aromatic rings. The zero-order valence-corrected chi connectivity index (χ0v) is 12.6. The van der Waals surface area contributed by atoms with E-state index in [1.807, 2.05) is 30.3 Å². The van der Waals surface area contributed by atoms with Gasteiger partial charge >= 0.3 is 0 Å². The van der Waals surface area contributed by atoms with Crippen LogP contribution in [0.2, 0.25) is 0 Å². The molecular weight excluding hydrogens is 276 g/mol. The number of hydrogen-bond donors (Lipinski definition) is 0. The normalized spacial score (nSPS) is 19.9. The first-order valence-electron chi connectivity index (χ1n) is 6.66. The number of rotatable bonds is 5. The number of carbonyl (C=O) groups excluding carboxylic acids is 1. The summed E-state index contributed by atoms with van der Waals surface area (Å²) in [5.41, 5.74) is 0.986. The van der Waals surface area contributed by atoms with Crippen LogP contribution in [0, 0.1) is 0 Å². The molecule has 0 saturated carbocycles. The Kier molecular flexibility index (Phi) is 4.45. The van der Waals surface area contributed by atoms with E-state index in [2.05, 4.69) is 0 Å². The van der Waals surface area contributed by atoms with Crippen LogP contribution < -0.4 is 0 Å². The SMILES string of the molecule is CN1CC[C@H](N(C)S(=O)(=O)CCc2ccccc2)C1=O. The standard InChI is InChI=1S/C14H20N2O3S/c1-15-10-8-13(14(15)17)16(2)20(18,19)11-9-12-6-4-3-5-7-12/h3-7,13H,8-11H2,1-2H3/t13-/m0/s1. The first-order chi connectivity index (χ1) is 9.42. The van der Waals surface area contributed by atoms with Crippen molar-refractivity contribution in [2.45, 2.75) is 18.9 Å². The molecule has 2 rings (SSSR count). The predicted octanol–water partition coefficient (Wildman–Crippen LogP) is 0.721. The maximum absolute atomic E-state index is 12.3. The van der Waals surface area contributed by atoms with E-state index in [1.54, 1.807) is 11.9 Å². The van der Waals surface area contributed by atoms with Crippen molar-refractivity contribution in [1.82, 2.24) is 9.21 Å². The molecule has 1 saturated heterocycles. The third-order valence-corrected chi connectivity index (χ3v) is 5.62. The number of nitrogens with zero attached hydrogens (tertiary/aromatic N) is 2. The number of carbonyl (C=O) groups is 1. The van der Waals surface area contributed by atoms with Crippen molar-refractivity contribution in [2.24, 2.45) is 0 Å². The van der Waals surface area contributed by atoms with Gasteiger partial charge in [0.05, 0.1) is 5.75 Å². The first-order valence-corrected chi connectivity index (χ1v) is 8.27. The summed E-state index contributed by atoms with van der Waals surface area (Å²) in [6.45, 7) is 0.613. The van der Waals surface area contributed by atoms with Crippen molar-refractivity contribution in [2.75, 3.05) is 26.4 Å². The van der Waals surface area contributed by atoms with Gasteiger partial charge in [-0.25, -0.2) is 8.42 Å². The number of likely N-dealkylation sites (tertiary alicyclic amines) is 1. The molecule has 0 N–H and O–H groups in total. The number of hydrogen-bond acceptors (Lipinski definition) is 3. The fraction of sp³-hybridized carbons (Fsp3) is 0.500. The summed E-state index contributed by atoms with van der Waals surface area (Å²) in [6.07, 6.45) is 1.03. The van der Waals surface area contributed by atoms with Gasteiger partial charge in [0.15, 0.2) is 0 Å². The highest BCUT2D eigenvalue weighted by Crippen LogP contribution is 2.18. The summed E-state index contributed by atoms with van der Waals surface area (Å²) in [6, 6.07) is 8.95. The van der Waals surface area contributed by atoms with Crippen LogP contribution in [0.4, 0.5) is 0 Å². The molecule has 20 heavy (non-hydrogen) atoms. The summed E-state index contributed by atoms with van der Waals surface area (Å²) in [4.78, 5) is 13.5. The van der Waals surface area contributed by atoms with E-state index in [4.69, 9.17) is 0 Å². The van der Waals surface area contributed by atoms with Gasteiger partial charge in [-0.1, -0.05) is 30.3 Å². The van der Waals surface area contributed by atoms with Gasteiger partial charge in [0.1, 0.15) is 6.04 Å². The largest absolute Gasteiger partial charge is 0.344 e. The van der Waals surface area contributed by atoms with Gasteiger partial charge in [0, 0.05) is 20.6 Å². The molecule has 1 heterocycles. The Hall–Kier alpha value is -1.40. The van der Waals surface area contributed by atoms with Crippen molar-refractivity contribution in [3.63, 3.8) is 0 Å². The van der Waals surface area contributed by atoms with Crippen LogP contribution >= 0.6 is 0 Å². The van der Waals surface area contributed by atoms with Gasteiger partial charge in [-0.15, -0.1) is 0 Å². The zero-order valence-electron chi connectivity index (χ0n) is 11.8. The predicted molar refractivity (Wildman–Crippen MR) is 77.7 cm³/mol. The van der Waals surface area contributed by atoms with E-state index in [1.165, 1.54) is 11.4 Å². The van der Waals surface area contributed by atoms with E-state index < -0.39 is 16.1 Å². The molecule has 0 spiro atoms. The molecule has 110 valence electrons. The monoisotopic (exact) mass is 296 g/mol. The second kappa shape index (κ2) is 5.93. The number of likely N-dealkylation sites (N-methyl/N-ethyl adjacent to an activating group) is 2. The van der Waals surface area contributed by atoms with E-state index in [-0.39, 0.29) is 11.7 Å². The number of aryl methyl sites for hydroxylation is 1. The van der Waals surface area contributed by atoms with E-state index in [0.717, 1.165) is 5.56 Å². The Morgan fingerprint density at radius 2 is 1.95 bits per heavy atom. The lowest BCUT2D eigenvalue weighted by atomic mass is 10.2. The summed E-state index contributed by atoms with van der Waals surface area (Å²) in [7, 11) is -0.209. The lowest BCUT2D eigenvalue weighted by Gasteiger charge is -2.22. The van der Waals surface area contributed by atoms with Crippen LogP contribution in [0.5, 0.6) is 0 Å². The Balaban J connectivity index is 2.01. The minimum absolute atomic E-state index is 0.0288. The highest BCUT2D eigenvalue weighted by molar-refractivity contribution is 7.89. The number of benzene rings is 1. The van der Waals surface area contributed by atoms with Gasteiger partial charge in [0.25, 0.3) is 0 Å². The fourth-order valence-electron chi connectivity index (χ4n) is 2.37. The quantitative estimate of drug-likeness (QED) is 0.804. The van der Waals surface area contributed by atoms with Gasteiger partial charge in [-0.3, -0.25) is 4.79 Å². The molecule has 0 bridgehead atoms. The average molecular weight is 296 g/mol. The molecule has 1 aromatic carbocycles. The van der Waals surface area contributed by atoms with Gasteiger partial charge in [-0.2, -0.15) is 4.31 Å². The second-order valence-electron chi connectivity index (χ2n) is 5.13. The molecule has 1 aliphatic heterocycles. The second-order valence-corrected chi connectivity index (χ2v) is 7.28. The summed E-state index contributed by atoms with van der Waals surface area (Å²) < 4.78 is 25.8. The van der Waals surface area contributed by atoms with Crippen LogP contribution in [-0.4, -0.2) is 56.0 Å². The highest BCUT2D eigenvalue weighted by Gasteiger charge is 2.37. The minimum Gasteiger partial charge on any atom is -0.344 e. The van der Waals surface area contributed by atoms with Gasteiger partial charge < -0.3 is 4.90 Å². The minimum atomic E-state index is -3.41. The molecule has 6 heteroatoms. The summed E-state index contributed by atoms with van der Waals surface area (Å²) in [5.74, 6) is -0.0862. The van der Waals surface area contributed by atoms with Crippen molar-refractivity contribution >= 4 is 15.9 Å². The van der Waals surface area contributed by atoms with E-state index in [9.17, 15) is 13.2 Å². The molecule has 1 amide bonds. The molecule has 1 fully saturated rings. The molecule has 0 aromatic heterocycles. The Labute approximate surface area is 120 Å². The van der Waals surface area contributed by atoms with Crippen LogP contribution in [0.25, 0.3) is 0 Å². The smallest absolute Gasteiger partial charge is 0.240 e. The van der Waals surface area contributed by atoms with Crippen LogP contribution in [0.1, 0.15) is 12.0 Å². The molecule has 0 radical (unpaired) electrons. The summed E-state index contributed by atoms with van der Waals surface area (Å²) in [5, 5.41) is 0. The van der Waals surface area contributed by atoms with Crippen molar-refractivity contribution in [3.05, 3.63) is 35.9 Å². The lowest BCUT2D eigenvalue weighted by molar-refractivity contribution is -0.129. The van der Waals surface area contributed by atoms with Crippen molar-refractivity contribution < 1.29 is 13.2 Å². The van der Waals surface area contributed by atoms with E-state index >= 15 is 0 Å². The Bertz CT molecular complexity index is 571. The number of sulfonamides is 1.